The lowest BCUT2D eigenvalue weighted by molar-refractivity contribution is -0.137. The van der Waals surface area contributed by atoms with Gasteiger partial charge in [-0.2, -0.15) is 0 Å². The zero-order valence-corrected chi connectivity index (χ0v) is 11.4. The van der Waals surface area contributed by atoms with Crippen LogP contribution in [0.1, 0.15) is 46.0 Å². The van der Waals surface area contributed by atoms with Crippen molar-refractivity contribution in [3.63, 3.8) is 0 Å². The van der Waals surface area contributed by atoms with Crippen LogP contribution in [-0.2, 0) is 9.59 Å². The van der Waals surface area contributed by atoms with Crippen molar-refractivity contribution < 1.29 is 14.7 Å². The Morgan fingerprint density at radius 2 is 2.00 bits per heavy atom. The lowest BCUT2D eigenvalue weighted by Gasteiger charge is -2.13. The molecule has 0 aromatic rings. The number of carboxylic acids is 1. The summed E-state index contributed by atoms with van der Waals surface area (Å²) in [7, 11) is 0. The molecule has 0 aliphatic heterocycles. The Hall–Kier alpha value is -1.10. The van der Waals surface area contributed by atoms with Crippen LogP contribution in [-0.4, -0.2) is 30.1 Å². The van der Waals surface area contributed by atoms with Crippen LogP contribution in [0.3, 0.4) is 0 Å². The number of hydrogen-bond acceptors (Lipinski definition) is 3. The van der Waals surface area contributed by atoms with Gasteiger partial charge in [0.05, 0.1) is 0 Å². The molecule has 0 saturated carbocycles. The predicted molar refractivity (Wildman–Crippen MR) is 71.1 cm³/mol. The van der Waals surface area contributed by atoms with Crippen LogP contribution in [0.4, 0.5) is 0 Å². The van der Waals surface area contributed by atoms with Crippen LogP contribution in [0.2, 0.25) is 0 Å². The summed E-state index contributed by atoms with van der Waals surface area (Å²) in [6, 6.07) is 0. The molecule has 0 aliphatic rings. The molecule has 2 atom stereocenters. The molecule has 18 heavy (non-hydrogen) atoms. The number of hydrogen-bond donors (Lipinski definition) is 3. The van der Waals surface area contributed by atoms with E-state index in [1.165, 1.54) is 0 Å². The quantitative estimate of drug-likeness (QED) is 0.552. The van der Waals surface area contributed by atoms with Gasteiger partial charge in [0.15, 0.2) is 0 Å². The minimum Gasteiger partial charge on any atom is -0.481 e. The molecule has 0 aromatic heterocycles. The first-order chi connectivity index (χ1) is 8.49. The van der Waals surface area contributed by atoms with Gasteiger partial charge in [-0.1, -0.05) is 20.3 Å². The van der Waals surface area contributed by atoms with Gasteiger partial charge < -0.3 is 16.2 Å². The fourth-order valence-corrected chi connectivity index (χ4v) is 1.70. The Labute approximate surface area is 109 Å². The molecule has 4 N–H and O–H groups in total. The van der Waals surface area contributed by atoms with Gasteiger partial charge in [-0.25, -0.2) is 0 Å². The van der Waals surface area contributed by atoms with Gasteiger partial charge >= 0.3 is 5.97 Å². The SMILES string of the molecule is CCC(CN)CC(=O)NCCC(C)CCC(=O)O. The summed E-state index contributed by atoms with van der Waals surface area (Å²) >= 11 is 0. The van der Waals surface area contributed by atoms with Gasteiger partial charge in [0.2, 0.25) is 5.91 Å². The van der Waals surface area contributed by atoms with Crippen LogP contribution in [0.25, 0.3) is 0 Å². The van der Waals surface area contributed by atoms with Gasteiger partial charge in [0.25, 0.3) is 0 Å². The zero-order valence-electron chi connectivity index (χ0n) is 11.4. The van der Waals surface area contributed by atoms with Crippen LogP contribution in [0.15, 0.2) is 0 Å². The Morgan fingerprint density at radius 3 is 2.50 bits per heavy atom. The van der Waals surface area contributed by atoms with Gasteiger partial charge in [0, 0.05) is 19.4 Å². The molecule has 5 nitrogen and oxygen atoms in total. The molecule has 0 radical (unpaired) electrons. The van der Waals surface area contributed by atoms with Gasteiger partial charge in [-0.3, -0.25) is 9.59 Å². The predicted octanol–water partition coefficient (Wildman–Crippen LogP) is 1.37. The molecule has 1 amide bonds. The lowest BCUT2D eigenvalue weighted by Crippen LogP contribution is -2.29. The highest BCUT2D eigenvalue weighted by Gasteiger charge is 2.11. The second kappa shape index (κ2) is 9.88. The Bertz CT molecular complexity index is 253. The van der Waals surface area contributed by atoms with Crippen molar-refractivity contribution in [2.45, 2.75) is 46.0 Å². The largest absolute Gasteiger partial charge is 0.481 e. The molecule has 0 aromatic carbocycles. The van der Waals surface area contributed by atoms with Crippen LogP contribution < -0.4 is 11.1 Å². The Balaban J connectivity index is 3.64. The number of carbonyl (C=O) groups is 2. The smallest absolute Gasteiger partial charge is 0.303 e. The number of nitrogens with two attached hydrogens (primary N) is 1. The Morgan fingerprint density at radius 1 is 1.33 bits per heavy atom. The molecular weight excluding hydrogens is 232 g/mol. The van der Waals surface area contributed by atoms with E-state index in [1.54, 1.807) is 0 Å². The molecule has 0 bridgehead atoms. The molecule has 106 valence electrons. The number of nitrogens with one attached hydrogen (secondary N) is 1. The lowest BCUT2D eigenvalue weighted by atomic mass is 10.0. The topological polar surface area (TPSA) is 92.4 Å². The third kappa shape index (κ3) is 8.98. The zero-order chi connectivity index (χ0) is 14.0. The summed E-state index contributed by atoms with van der Waals surface area (Å²) in [5.74, 6) is -0.148. The molecule has 0 aliphatic carbocycles. The minimum atomic E-state index is -0.764. The first-order valence-electron chi connectivity index (χ1n) is 6.68. The number of aliphatic carboxylic acids is 1. The summed E-state index contributed by atoms with van der Waals surface area (Å²) in [6.45, 7) is 5.18. The highest BCUT2D eigenvalue weighted by Crippen LogP contribution is 2.10. The molecule has 5 heteroatoms. The van der Waals surface area contributed by atoms with E-state index in [9.17, 15) is 9.59 Å². The van der Waals surface area contributed by atoms with Crippen molar-refractivity contribution in [2.75, 3.05) is 13.1 Å². The first kappa shape index (κ1) is 16.9. The molecule has 0 fully saturated rings. The monoisotopic (exact) mass is 258 g/mol. The summed E-state index contributed by atoms with van der Waals surface area (Å²) < 4.78 is 0. The fourth-order valence-electron chi connectivity index (χ4n) is 1.70. The van der Waals surface area contributed by atoms with Crippen LogP contribution in [0, 0.1) is 11.8 Å². The van der Waals surface area contributed by atoms with Crippen LogP contribution >= 0.6 is 0 Å². The molecule has 0 rings (SSSR count). The third-order valence-corrected chi connectivity index (χ3v) is 3.20. The van der Waals surface area contributed by atoms with Crippen LogP contribution in [0.5, 0.6) is 0 Å². The summed E-state index contributed by atoms with van der Waals surface area (Å²) in [5, 5.41) is 11.4. The Kier molecular flexibility index (Phi) is 9.28. The summed E-state index contributed by atoms with van der Waals surface area (Å²) in [5.41, 5.74) is 5.54. The van der Waals surface area contributed by atoms with Crippen molar-refractivity contribution in [3.8, 4) is 0 Å². The second-order valence-corrected chi connectivity index (χ2v) is 4.89. The fraction of sp³-hybridized carbons (Fsp3) is 0.846. The van der Waals surface area contributed by atoms with E-state index in [0.717, 1.165) is 12.8 Å². The summed E-state index contributed by atoms with van der Waals surface area (Å²) in [6.07, 6.45) is 3.07. The molecular formula is C13H26N2O3. The average molecular weight is 258 g/mol. The standard InChI is InChI=1S/C13H26N2O3/c1-3-11(9-14)8-12(16)15-7-6-10(2)4-5-13(17)18/h10-11H,3-9,14H2,1-2H3,(H,15,16)(H,17,18). The average Bonchev–Trinajstić information content (AvgIpc) is 2.33. The third-order valence-electron chi connectivity index (χ3n) is 3.20. The van der Waals surface area contributed by atoms with Crippen molar-refractivity contribution >= 4 is 11.9 Å². The molecule has 0 spiro atoms. The number of carboxylic acid groups (broad SMARTS) is 1. The maximum Gasteiger partial charge on any atom is 0.303 e. The van der Waals surface area contributed by atoms with Crippen molar-refractivity contribution in [1.82, 2.24) is 5.32 Å². The van der Waals surface area contributed by atoms with Crippen molar-refractivity contribution in [2.24, 2.45) is 17.6 Å². The first-order valence-corrected chi connectivity index (χ1v) is 6.68. The van der Waals surface area contributed by atoms with E-state index in [4.69, 9.17) is 10.8 Å². The van der Waals surface area contributed by atoms with Crippen molar-refractivity contribution in [1.29, 1.82) is 0 Å². The second-order valence-electron chi connectivity index (χ2n) is 4.89. The maximum absolute atomic E-state index is 11.6. The van der Waals surface area contributed by atoms with Gasteiger partial charge in [-0.15, -0.1) is 0 Å². The number of carbonyl (C=O) groups excluding carboxylic acids is 1. The van der Waals surface area contributed by atoms with E-state index >= 15 is 0 Å². The maximum atomic E-state index is 11.6. The molecule has 2 unspecified atom stereocenters. The van der Waals surface area contributed by atoms with E-state index in [2.05, 4.69) is 5.32 Å². The van der Waals surface area contributed by atoms with Crippen molar-refractivity contribution in [3.05, 3.63) is 0 Å². The number of rotatable bonds is 10. The highest BCUT2D eigenvalue weighted by molar-refractivity contribution is 5.76. The normalized spacial score (nSPS) is 13.9. The van der Waals surface area contributed by atoms with E-state index in [-0.39, 0.29) is 18.2 Å². The van der Waals surface area contributed by atoms with E-state index in [0.29, 0.717) is 31.8 Å². The highest BCUT2D eigenvalue weighted by atomic mass is 16.4. The van der Waals surface area contributed by atoms with E-state index < -0.39 is 5.97 Å². The minimum absolute atomic E-state index is 0.0396. The van der Waals surface area contributed by atoms with Gasteiger partial charge in [-0.05, 0) is 31.2 Å². The van der Waals surface area contributed by atoms with Gasteiger partial charge in [0.1, 0.15) is 0 Å². The molecule has 0 saturated heterocycles. The van der Waals surface area contributed by atoms with E-state index in [1.807, 2.05) is 13.8 Å². The molecule has 0 heterocycles. The summed E-state index contributed by atoms with van der Waals surface area (Å²) in [4.78, 5) is 21.9. The number of amides is 1.